The molecule has 3 aromatic rings. The van der Waals surface area contributed by atoms with Gasteiger partial charge in [-0.15, -0.1) is 5.10 Å². The van der Waals surface area contributed by atoms with Crippen LogP contribution in [0.5, 0.6) is 5.75 Å². The Hall–Kier alpha value is -2.90. The first-order valence-corrected chi connectivity index (χ1v) is 5.88. The fourth-order valence-corrected chi connectivity index (χ4v) is 1.72. The molecule has 0 saturated heterocycles. The van der Waals surface area contributed by atoms with Crippen molar-refractivity contribution in [3.05, 3.63) is 35.7 Å². The molecule has 0 aliphatic heterocycles. The maximum Gasteiger partial charge on any atom is 0.295 e. The number of nitrogens with one attached hydrogen (secondary N) is 1. The zero-order chi connectivity index (χ0) is 13.9. The Balaban J connectivity index is 1.76. The Bertz CT molecular complexity index is 703. The molecule has 0 spiro atoms. The molecule has 1 aromatic carbocycles. The molecule has 2 aromatic heterocycles. The van der Waals surface area contributed by atoms with Gasteiger partial charge < -0.3 is 15.0 Å². The number of anilines is 1. The van der Waals surface area contributed by atoms with Gasteiger partial charge in [0.2, 0.25) is 11.8 Å². The summed E-state index contributed by atoms with van der Waals surface area (Å²) in [5, 5.41) is 10.2. The lowest BCUT2D eigenvalue weighted by Crippen LogP contribution is -1.91. The van der Waals surface area contributed by atoms with E-state index in [4.69, 9.17) is 15.0 Å². The van der Waals surface area contributed by atoms with Crippen molar-refractivity contribution >= 4 is 5.95 Å². The average molecular weight is 272 g/mol. The van der Waals surface area contributed by atoms with Crippen molar-refractivity contribution in [3.63, 3.8) is 0 Å². The Morgan fingerprint density at radius 1 is 1.25 bits per heavy atom. The molecule has 0 saturated carbocycles. The zero-order valence-electron chi connectivity index (χ0n) is 10.7. The Kier molecular flexibility index (Phi) is 3.04. The van der Waals surface area contributed by atoms with Crippen molar-refractivity contribution in [2.45, 2.75) is 6.42 Å². The largest absolute Gasteiger partial charge is 0.497 e. The highest BCUT2D eigenvalue weighted by Gasteiger charge is 2.13. The molecule has 0 aliphatic rings. The standard InChI is InChI=1S/C12H12N6O2/c1-19-8-4-2-7(3-5-8)6-9-14-11(20-18-9)10-15-12(13)17-16-10/h2-5H,6H2,1H3,(H3,13,15,16,17). The molecular formula is C12H12N6O2. The van der Waals surface area contributed by atoms with Crippen LogP contribution in [0.4, 0.5) is 5.95 Å². The highest BCUT2D eigenvalue weighted by Crippen LogP contribution is 2.16. The van der Waals surface area contributed by atoms with Crippen LogP contribution in [-0.2, 0) is 6.42 Å². The molecule has 0 fully saturated rings. The number of hydrogen-bond acceptors (Lipinski definition) is 7. The van der Waals surface area contributed by atoms with Gasteiger partial charge in [0.15, 0.2) is 5.82 Å². The summed E-state index contributed by atoms with van der Waals surface area (Å²) in [5.74, 6) is 2.11. The molecule has 0 radical (unpaired) electrons. The fourth-order valence-electron chi connectivity index (χ4n) is 1.72. The molecule has 8 nitrogen and oxygen atoms in total. The number of rotatable bonds is 4. The first-order valence-electron chi connectivity index (χ1n) is 5.88. The second-order valence-electron chi connectivity index (χ2n) is 4.08. The maximum absolute atomic E-state index is 5.42. The molecule has 3 N–H and O–H groups in total. The van der Waals surface area contributed by atoms with Crippen molar-refractivity contribution in [2.24, 2.45) is 0 Å². The number of hydrogen-bond donors (Lipinski definition) is 2. The monoisotopic (exact) mass is 272 g/mol. The first-order chi connectivity index (χ1) is 9.74. The minimum Gasteiger partial charge on any atom is -0.497 e. The average Bonchev–Trinajstić information content (AvgIpc) is 3.09. The van der Waals surface area contributed by atoms with Crippen LogP contribution in [0.25, 0.3) is 11.7 Å². The lowest BCUT2D eigenvalue weighted by atomic mass is 10.1. The van der Waals surface area contributed by atoms with Gasteiger partial charge in [-0.25, -0.2) is 0 Å². The van der Waals surface area contributed by atoms with Gasteiger partial charge in [-0.3, -0.25) is 5.10 Å². The molecular weight excluding hydrogens is 260 g/mol. The van der Waals surface area contributed by atoms with Crippen LogP contribution in [0.2, 0.25) is 0 Å². The van der Waals surface area contributed by atoms with Crippen LogP contribution >= 0.6 is 0 Å². The lowest BCUT2D eigenvalue weighted by molar-refractivity contribution is 0.414. The zero-order valence-corrected chi connectivity index (χ0v) is 10.7. The van der Waals surface area contributed by atoms with E-state index >= 15 is 0 Å². The van der Waals surface area contributed by atoms with Crippen LogP contribution in [0, 0.1) is 0 Å². The van der Waals surface area contributed by atoms with Crippen LogP contribution in [0.3, 0.4) is 0 Å². The summed E-state index contributed by atoms with van der Waals surface area (Å²) in [7, 11) is 1.63. The number of benzene rings is 1. The highest BCUT2D eigenvalue weighted by molar-refractivity contribution is 5.41. The molecule has 3 rings (SSSR count). The normalized spacial score (nSPS) is 10.7. The van der Waals surface area contributed by atoms with Gasteiger partial charge in [-0.1, -0.05) is 17.3 Å². The van der Waals surface area contributed by atoms with Crippen LogP contribution < -0.4 is 10.5 Å². The summed E-state index contributed by atoms with van der Waals surface area (Å²) >= 11 is 0. The van der Waals surface area contributed by atoms with Gasteiger partial charge in [0, 0.05) is 6.42 Å². The molecule has 0 atom stereocenters. The summed E-state index contributed by atoms with van der Waals surface area (Å²) in [6.07, 6.45) is 0.553. The number of aromatic nitrogens is 5. The molecule has 0 aliphatic carbocycles. The number of aromatic amines is 1. The van der Waals surface area contributed by atoms with E-state index < -0.39 is 0 Å². The van der Waals surface area contributed by atoms with Gasteiger partial charge >= 0.3 is 0 Å². The van der Waals surface area contributed by atoms with Crippen molar-refractivity contribution in [3.8, 4) is 17.5 Å². The van der Waals surface area contributed by atoms with Crippen molar-refractivity contribution in [1.82, 2.24) is 25.3 Å². The Morgan fingerprint density at radius 3 is 2.70 bits per heavy atom. The minimum atomic E-state index is 0.134. The summed E-state index contributed by atoms with van der Waals surface area (Å²) in [4.78, 5) is 8.16. The Labute approximate surface area is 114 Å². The fraction of sp³-hybridized carbons (Fsp3) is 0.167. The molecule has 8 heteroatoms. The number of nitrogens with two attached hydrogens (primary N) is 1. The predicted octanol–water partition coefficient (Wildman–Crippen LogP) is 1.04. The highest BCUT2D eigenvalue weighted by atomic mass is 16.5. The molecule has 2 heterocycles. The molecule has 0 amide bonds. The van der Waals surface area contributed by atoms with E-state index in [-0.39, 0.29) is 11.8 Å². The van der Waals surface area contributed by atoms with E-state index in [0.717, 1.165) is 11.3 Å². The summed E-state index contributed by atoms with van der Waals surface area (Å²) in [6.45, 7) is 0. The number of nitrogens with zero attached hydrogens (tertiary/aromatic N) is 4. The van der Waals surface area contributed by atoms with E-state index in [2.05, 4.69) is 25.3 Å². The SMILES string of the molecule is COc1ccc(Cc2noc(-c3nc(N)n[nH]3)n2)cc1. The first kappa shape index (κ1) is 12.2. The number of nitrogen functional groups attached to an aromatic ring is 1. The van der Waals surface area contributed by atoms with E-state index in [1.165, 1.54) is 0 Å². The topological polar surface area (TPSA) is 116 Å². The molecule has 102 valence electrons. The van der Waals surface area contributed by atoms with Gasteiger partial charge in [-0.05, 0) is 17.7 Å². The molecule has 0 bridgehead atoms. The summed E-state index contributed by atoms with van der Waals surface area (Å²) in [5.41, 5.74) is 6.47. The third-order valence-electron chi connectivity index (χ3n) is 2.69. The second-order valence-corrected chi connectivity index (χ2v) is 4.08. The number of methoxy groups -OCH3 is 1. The van der Waals surface area contributed by atoms with E-state index in [9.17, 15) is 0 Å². The summed E-state index contributed by atoms with van der Waals surface area (Å²) in [6, 6.07) is 7.66. The third kappa shape index (κ3) is 2.44. The number of H-pyrrole nitrogens is 1. The molecule has 20 heavy (non-hydrogen) atoms. The van der Waals surface area contributed by atoms with E-state index in [1.807, 2.05) is 24.3 Å². The van der Waals surface area contributed by atoms with Crippen LogP contribution in [0.1, 0.15) is 11.4 Å². The Morgan fingerprint density at radius 2 is 2.05 bits per heavy atom. The van der Waals surface area contributed by atoms with E-state index in [0.29, 0.717) is 18.1 Å². The third-order valence-corrected chi connectivity index (χ3v) is 2.69. The lowest BCUT2D eigenvalue weighted by Gasteiger charge is -2.00. The van der Waals surface area contributed by atoms with Gasteiger partial charge in [0.05, 0.1) is 7.11 Å². The number of ether oxygens (including phenoxy) is 1. The van der Waals surface area contributed by atoms with Crippen LogP contribution in [-0.4, -0.2) is 32.4 Å². The second kappa shape index (κ2) is 5.00. The maximum atomic E-state index is 5.42. The molecule has 0 unspecified atom stereocenters. The van der Waals surface area contributed by atoms with Crippen molar-refractivity contribution in [1.29, 1.82) is 0 Å². The van der Waals surface area contributed by atoms with Gasteiger partial charge in [-0.2, -0.15) is 9.97 Å². The van der Waals surface area contributed by atoms with Gasteiger partial charge in [0.25, 0.3) is 5.89 Å². The van der Waals surface area contributed by atoms with Crippen LogP contribution in [0.15, 0.2) is 28.8 Å². The quantitative estimate of drug-likeness (QED) is 0.728. The summed E-state index contributed by atoms with van der Waals surface area (Å²) < 4.78 is 10.2. The van der Waals surface area contributed by atoms with Crippen molar-refractivity contribution < 1.29 is 9.26 Å². The minimum absolute atomic E-state index is 0.134. The smallest absolute Gasteiger partial charge is 0.295 e. The van der Waals surface area contributed by atoms with E-state index in [1.54, 1.807) is 7.11 Å². The predicted molar refractivity (Wildman–Crippen MR) is 69.9 cm³/mol. The van der Waals surface area contributed by atoms with Crippen molar-refractivity contribution in [2.75, 3.05) is 12.8 Å². The van der Waals surface area contributed by atoms with Gasteiger partial charge in [0.1, 0.15) is 5.75 Å².